The summed E-state index contributed by atoms with van der Waals surface area (Å²) in [5.41, 5.74) is -1.69. The first kappa shape index (κ1) is 27.3. The van der Waals surface area contributed by atoms with Gasteiger partial charge in [0.25, 0.3) is 5.56 Å². The summed E-state index contributed by atoms with van der Waals surface area (Å²) < 4.78 is 48.5. The minimum absolute atomic E-state index is 0.000958. The quantitative estimate of drug-likeness (QED) is 0.167. The van der Waals surface area contributed by atoms with E-state index in [1.54, 1.807) is 0 Å². The molecule has 0 saturated carbocycles. The molecular weight excluding hydrogens is 510 g/mol. The largest absolute Gasteiger partial charge is 0.483 e. The first-order valence-corrected chi connectivity index (χ1v) is 12.7. The Hall–Kier alpha value is -1.30. The third kappa shape index (κ3) is 6.47. The second kappa shape index (κ2) is 10.4. The molecule has 2 saturated heterocycles. The van der Waals surface area contributed by atoms with E-state index in [9.17, 15) is 48.9 Å². The Bertz CT molecular complexity index is 1080. The zero-order valence-corrected chi connectivity index (χ0v) is 19.2. The van der Waals surface area contributed by atoms with Gasteiger partial charge in [-0.3, -0.25) is 23.4 Å². The van der Waals surface area contributed by atoms with Crippen LogP contribution in [-0.2, 0) is 32.0 Å². The van der Waals surface area contributed by atoms with Crippen molar-refractivity contribution in [3.8, 4) is 0 Å². The van der Waals surface area contributed by atoms with Crippen molar-refractivity contribution < 1.29 is 62.2 Å². The summed E-state index contributed by atoms with van der Waals surface area (Å²) in [5.74, 6) is 0. The molecule has 7 unspecified atom stereocenters. The summed E-state index contributed by atoms with van der Waals surface area (Å²) in [6.45, 7) is 0.517. The van der Waals surface area contributed by atoms with E-state index < -0.39 is 82.6 Å². The van der Waals surface area contributed by atoms with Crippen LogP contribution in [0.5, 0.6) is 0 Å². The van der Waals surface area contributed by atoms with Gasteiger partial charge in [-0.25, -0.2) is 13.9 Å². The van der Waals surface area contributed by atoms with E-state index in [2.05, 4.69) is 13.4 Å². The molecule has 3 rings (SSSR count). The predicted octanol–water partition coefficient (Wildman–Crippen LogP) is -2.74. The van der Waals surface area contributed by atoms with Gasteiger partial charge in [0.1, 0.15) is 24.4 Å². The van der Waals surface area contributed by atoms with E-state index in [1.165, 1.54) is 6.92 Å². The Morgan fingerprint density at radius 1 is 1.09 bits per heavy atom. The smallest absolute Gasteiger partial charge is 0.390 e. The summed E-state index contributed by atoms with van der Waals surface area (Å²) in [6, 6.07) is 0.953. The van der Waals surface area contributed by atoms with E-state index in [0.29, 0.717) is 0 Å². The van der Waals surface area contributed by atoms with Crippen molar-refractivity contribution >= 4 is 15.6 Å². The monoisotopic (exact) mass is 534 g/mol. The zero-order chi connectivity index (χ0) is 25.4. The van der Waals surface area contributed by atoms with Gasteiger partial charge in [0.05, 0.1) is 18.8 Å². The molecule has 0 radical (unpaired) electrons. The molecule has 2 aliphatic rings. The van der Waals surface area contributed by atoms with Gasteiger partial charge < -0.3 is 39.7 Å². The highest BCUT2D eigenvalue weighted by atomic mass is 31.3. The van der Waals surface area contributed by atoms with E-state index in [1.807, 2.05) is 4.98 Å². The topological polar surface area (TPSA) is 257 Å². The van der Waals surface area contributed by atoms with Crippen LogP contribution in [-0.4, -0.2) is 89.3 Å². The van der Waals surface area contributed by atoms with Gasteiger partial charge in [0.2, 0.25) is 0 Å². The third-order valence-corrected chi connectivity index (χ3v) is 7.52. The standard InChI is InChI=1S/C15H24N2O15P2/c1-6-4-7(18)10(20)14(29-6)31-34(26,27)32-33(24,25)28-5-8-11(21)12(22)13(30-8)17-3-2-9(19)16-15(17)23/h2-3,6-8,10-14,18,20-22H,4-5H2,1H3,(H,24,25)(H,26,27)(H,16,19,23)/t6?,7?,8-,10?,11?,12?,13-,14-/m1/s1. The number of ether oxygens (including phenoxy) is 2. The molecule has 2 aliphatic heterocycles. The van der Waals surface area contributed by atoms with E-state index >= 15 is 0 Å². The van der Waals surface area contributed by atoms with E-state index in [-0.39, 0.29) is 6.42 Å². The second-order valence-electron chi connectivity index (χ2n) is 7.59. The lowest BCUT2D eigenvalue weighted by Crippen LogP contribution is -2.48. The summed E-state index contributed by atoms with van der Waals surface area (Å²) in [7, 11) is -10.8. The lowest BCUT2D eigenvalue weighted by molar-refractivity contribution is -0.235. The Morgan fingerprint density at radius 3 is 2.41 bits per heavy atom. The number of aliphatic hydroxyl groups is 4. The Morgan fingerprint density at radius 2 is 1.76 bits per heavy atom. The number of aliphatic hydroxyl groups excluding tert-OH is 4. The fraction of sp³-hybridized carbons (Fsp3) is 0.733. The van der Waals surface area contributed by atoms with Crippen LogP contribution < -0.4 is 11.2 Å². The number of hydrogen-bond acceptors (Lipinski definition) is 13. The number of nitrogens with zero attached hydrogens (tertiary/aromatic N) is 1. The Balaban J connectivity index is 1.60. The highest BCUT2D eigenvalue weighted by Crippen LogP contribution is 2.61. The van der Waals surface area contributed by atoms with E-state index in [4.69, 9.17) is 9.47 Å². The van der Waals surface area contributed by atoms with Gasteiger partial charge in [-0.05, 0) is 6.92 Å². The molecule has 2 fully saturated rings. The van der Waals surface area contributed by atoms with Crippen LogP contribution in [0.2, 0.25) is 0 Å². The van der Waals surface area contributed by atoms with Crippen molar-refractivity contribution in [2.24, 2.45) is 0 Å². The molecule has 0 aliphatic carbocycles. The normalized spacial score (nSPS) is 37.7. The van der Waals surface area contributed by atoms with Gasteiger partial charge in [0.15, 0.2) is 12.5 Å². The highest BCUT2D eigenvalue weighted by molar-refractivity contribution is 7.61. The average Bonchev–Trinajstić information content (AvgIpc) is 2.97. The van der Waals surface area contributed by atoms with Gasteiger partial charge in [-0.1, -0.05) is 0 Å². The Labute approximate surface area is 190 Å². The van der Waals surface area contributed by atoms with Crippen molar-refractivity contribution in [1.29, 1.82) is 0 Å². The van der Waals surface area contributed by atoms with Crippen molar-refractivity contribution in [3.63, 3.8) is 0 Å². The molecule has 7 N–H and O–H groups in total. The number of aromatic nitrogens is 2. The fourth-order valence-electron chi connectivity index (χ4n) is 3.31. The number of rotatable bonds is 8. The van der Waals surface area contributed by atoms with Crippen molar-refractivity contribution in [1.82, 2.24) is 9.55 Å². The number of phosphoric ester groups is 2. The van der Waals surface area contributed by atoms with Gasteiger partial charge in [-0.15, -0.1) is 0 Å². The molecule has 3 heterocycles. The maximum atomic E-state index is 12.1. The van der Waals surface area contributed by atoms with Crippen molar-refractivity contribution in [2.45, 2.75) is 62.5 Å². The minimum Gasteiger partial charge on any atom is -0.390 e. The summed E-state index contributed by atoms with van der Waals surface area (Å²) in [6.07, 6.45) is -11.1. The van der Waals surface area contributed by atoms with Crippen LogP contribution in [0.3, 0.4) is 0 Å². The molecule has 19 heteroatoms. The SMILES string of the molecule is CC1CC(O)C(O)[C@@H](OP(=O)(O)OP(=O)(O)OC[C@H]2O[C@@H](n3ccc(=O)[nH]c3=O)C(O)C2O)O1. The van der Waals surface area contributed by atoms with Crippen LogP contribution in [0.4, 0.5) is 0 Å². The number of nitrogens with one attached hydrogen (secondary N) is 1. The number of H-pyrrole nitrogens is 1. The maximum Gasteiger partial charge on any atom is 0.483 e. The molecule has 194 valence electrons. The van der Waals surface area contributed by atoms with Gasteiger partial charge >= 0.3 is 21.3 Å². The zero-order valence-electron chi connectivity index (χ0n) is 17.4. The lowest BCUT2D eigenvalue weighted by Gasteiger charge is -2.35. The molecule has 34 heavy (non-hydrogen) atoms. The predicted molar refractivity (Wildman–Crippen MR) is 106 cm³/mol. The molecule has 10 atom stereocenters. The third-order valence-electron chi connectivity index (χ3n) is 4.92. The molecule has 0 aromatic carbocycles. The van der Waals surface area contributed by atoms with Gasteiger partial charge in [-0.2, -0.15) is 4.31 Å². The van der Waals surface area contributed by atoms with Crippen LogP contribution in [0, 0.1) is 0 Å². The molecule has 0 spiro atoms. The second-order valence-corrected chi connectivity index (χ2v) is 10.6. The maximum absolute atomic E-state index is 12.1. The summed E-state index contributed by atoms with van der Waals surface area (Å²) in [4.78, 5) is 44.5. The van der Waals surface area contributed by atoms with Crippen LogP contribution >= 0.6 is 15.6 Å². The molecule has 1 aromatic rings. The highest BCUT2D eigenvalue weighted by Gasteiger charge is 2.47. The molecular formula is C15H24N2O15P2. The first-order valence-electron chi connectivity index (χ1n) is 9.73. The molecule has 0 amide bonds. The lowest BCUT2D eigenvalue weighted by atomic mass is 10.0. The van der Waals surface area contributed by atoms with Gasteiger partial charge in [0, 0.05) is 18.7 Å². The van der Waals surface area contributed by atoms with Crippen molar-refractivity contribution in [2.75, 3.05) is 6.61 Å². The number of aromatic amines is 1. The molecule has 1 aromatic heterocycles. The molecule has 17 nitrogen and oxygen atoms in total. The fourth-order valence-corrected chi connectivity index (χ4v) is 5.47. The summed E-state index contributed by atoms with van der Waals surface area (Å²) in [5, 5.41) is 39.7. The van der Waals surface area contributed by atoms with Crippen LogP contribution in [0.15, 0.2) is 21.9 Å². The first-order chi connectivity index (χ1) is 15.7. The van der Waals surface area contributed by atoms with E-state index in [0.717, 1.165) is 16.8 Å². The van der Waals surface area contributed by atoms with Crippen LogP contribution in [0.25, 0.3) is 0 Å². The van der Waals surface area contributed by atoms with Crippen LogP contribution in [0.1, 0.15) is 19.6 Å². The van der Waals surface area contributed by atoms with Crippen molar-refractivity contribution in [3.05, 3.63) is 33.1 Å². The minimum atomic E-state index is -5.40. The molecule has 0 bridgehead atoms. The number of hydrogen-bond donors (Lipinski definition) is 7. The average molecular weight is 534 g/mol. The Kier molecular flexibility index (Phi) is 8.32. The number of phosphoric acid groups is 2. The summed E-state index contributed by atoms with van der Waals surface area (Å²) >= 11 is 0.